The maximum absolute atomic E-state index is 13.5. The van der Waals surface area contributed by atoms with Crippen LogP contribution in [0.4, 0.5) is 8.78 Å². The zero-order valence-electron chi connectivity index (χ0n) is 8.84. The number of hydrogen-bond acceptors (Lipinski definition) is 1. The Morgan fingerprint density at radius 3 is 2.67 bits per heavy atom. The fourth-order valence-corrected chi connectivity index (χ4v) is 1.54. The molecule has 0 bridgehead atoms. The molecule has 0 heterocycles. The lowest BCUT2D eigenvalue weighted by molar-refractivity contribution is -0.0141. The fraction of sp³-hybridized carbons (Fsp3) is 0.500. The van der Waals surface area contributed by atoms with Crippen molar-refractivity contribution in [1.29, 1.82) is 0 Å². The molecule has 1 aromatic rings. The summed E-state index contributed by atoms with van der Waals surface area (Å²) in [6.45, 7) is 1.73. The summed E-state index contributed by atoms with van der Waals surface area (Å²) in [4.78, 5) is 0. The monoisotopic (exact) mass is 214 g/mol. The van der Waals surface area contributed by atoms with Gasteiger partial charge >= 0.3 is 0 Å². The zero-order valence-corrected chi connectivity index (χ0v) is 8.84. The van der Waals surface area contributed by atoms with E-state index in [0.29, 0.717) is 12.8 Å². The summed E-state index contributed by atoms with van der Waals surface area (Å²) < 4.78 is 27.0. The molecule has 0 fully saturated rings. The van der Waals surface area contributed by atoms with Crippen LogP contribution in [0.3, 0.4) is 0 Å². The first-order valence-corrected chi connectivity index (χ1v) is 5.18. The van der Waals surface area contributed by atoms with Crippen LogP contribution in [0.1, 0.15) is 30.9 Å². The van der Waals surface area contributed by atoms with E-state index in [2.05, 4.69) is 0 Å². The Bertz CT molecular complexity index is 310. The molecule has 3 heteroatoms. The van der Waals surface area contributed by atoms with Crippen molar-refractivity contribution in [2.45, 2.75) is 32.1 Å². The smallest absolute Gasteiger partial charge is 0.273 e. The molecule has 0 amide bonds. The Labute approximate surface area is 88.7 Å². The van der Waals surface area contributed by atoms with Crippen molar-refractivity contribution in [2.24, 2.45) is 0 Å². The molecule has 0 aliphatic rings. The topological polar surface area (TPSA) is 20.2 Å². The van der Waals surface area contributed by atoms with Crippen molar-refractivity contribution < 1.29 is 13.9 Å². The normalized spacial score (nSPS) is 11.7. The highest BCUT2D eigenvalue weighted by Crippen LogP contribution is 2.33. The van der Waals surface area contributed by atoms with Crippen LogP contribution in [0.2, 0.25) is 0 Å². The molecular formula is C12H16F2O. The summed E-state index contributed by atoms with van der Waals surface area (Å²) in [5, 5.41) is 8.73. The van der Waals surface area contributed by atoms with Gasteiger partial charge in [0.25, 0.3) is 5.92 Å². The van der Waals surface area contributed by atoms with E-state index in [-0.39, 0.29) is 18.6 Å². The van der Waals surface area contributed by atoms with Crippen molar-refractivity contribution in [1.82, 2.24) is 0 Å². The van der Waals surface area contributed by atoms with Gasteiger partial charge in [-0.05, 0) is 18.1 Å². The van der Waals surface area contributed by atoms with Gasteiger partial charge in [0.15, 0.2) is 0 Å². The number of hydrogen-bond donors (Lipinski definition) is 1. The Kier molecular flexibility index (Phi) is 4.21. The Morgan fingerprint density at radius 1 is 1.33 bits per heavy atom. The molecular weight excluding hydrogens is 198 g/mol. The average Bonchev–Trinajstić information content (AvgIpc) is 2.19. The zero-order chi connectivity index (χ0) is 11.3. The van der Waals surface area contributed by atoms with Crippen molar-refractivity contribution in [3.63, 3.8) is 0 Å². The second kappa shape index (κ2) is 5.21. The highest BCUT2D eigenvalue weighted by Gasteiger charge is 2.29. The molecule has 84 valence electrons. The van der Waals surface area contributed by atoms with Gasteiger partial charge in [-0.2, -0.15) is 0 Å². The third-order valence-corrected chi connectivity index (χ3v) is 2.31. The van der Waals surface area contributed by atoms with Gasteiger partial charge in [0.1, 0.15) is 0 Å². The number of aliphatic hydroxyl groups is 1. The van der Waals surface area contributed by atoms with Gasteiger partial charge < -0.3 is 5.11 Å². The van der Waals surface area contributed by atoms with Crippen LogP contribution in [0.15, 0.2) is 24.3 Å². The molecule has 1 rings (SSSR count). The summed E-state index contributed by atoms with van der Waals surface area (Å²) >= 11 is 0. The first-order valence-electron chi connectivity index (χ1n) is 5.18. The minimum absolute atomic E-state index is 0.0111. The maximum atomic E-state index is 13.5. The lowest BCUT2D eigenvalue weighted by Gasteiger charge is -2.16. The fourth-order valence-electron chi connectivity index (χ4n) is 1.54. The predicted octanol–water partition coefficient (Wildman–Crippen LogP) is 3.11. The number of rotatable bonds is 5. The van der Waals surface area contributed by atoms with Crippen LogP contribution < -0.4 is 0 Å². The maximum Gasteiger partial charge on any atom is 0.273 e. The van der Waals surface area contributed by atoms with Crippen LogP contribution in [0.5, 0.6) is 0 Å². The molecule has 0 saturated heterocycles. The predicted molar refractivity (Wildman–Crippen MR) is 56.0 cm³/mol. The van der Waals surface area contributed by atoms with Crippen molar-refractivity contribution >= 4 is 0 Å². The highest BCUT2D eigenvalue weighted by atomic mass is 19.3. The lowest BCUT2D eigenvalue weighted by Crippen LogP contribution is -2.13. The van der Waals surface area contributed by atoms with Crippen LogP contribution in [-0.2, 0) is 12.3 Å². The standard InChI is InChI=1S/C12H16F2O/c1-2-7-12(13,14)11-5-3-4-10(9-11)6-8-15/h3-5,9,15H,2,6-8H2,1H3. The Balaban J connectivity index is 2.88. The lowest BCUT2D eigenvalue weighted by atomic mass is 10.0. The van der Waals surface area contributed by atoms with Gasteiger partial charge in [-0.3, -0.25) is 0 Å². The molecule has 0 atom stereocenters. The molecule has 0 spiro atoms. The van der Waals surface area contributed by atoms with E-state index in [1.165, 1.54) is 12.1 Å². The van der Waals surface area contributed by atoms with E-state index in [4.69, 9.17) is 5.11 Å². The molecule has 0 saturated carbocycles. The van der Waals surface area contributed by atoms with Crippen LogP contribution in [0, 0.1) is 0 Å². The number of aliphatic hydroxyl groups excluding tert-OH is 1. The number of benzene rings is 1. The highest BCUT2D eigenvalue weighted by molar-refractivity contribution is 5.27. The molecule has 0 aromatic heterocycles. The average molecular weight is 214 g/mol. The third kappa shape index (κ3) is 3.27. The summed E-state index contributed by atoms with van der Waals surface area (Å²) in [6.07, 6.45) is 0.753. The van der Waals surface area contributed by atoms with Crippen LogP contribution in [0.25, 0.3) is 0 Å². The minimum atomic E-state index is -2.75. The third-order valence-electron chi connectivity index (χ3n) is 2.31. The second-order valence-electron chi connectivity index (χ2n) is 3.63. The van der Waals surface area contributed by atoms with Crippen molar-refractivity contribution in [3.8, 4) is 0 Å². The van der Waals surface area contributed by atoms with E-state index in [9.17, 15) is 8.78 Å². The molecule has 15 heavy (non-hydrogen) atoms. The van der Waals surface area contributed by atoms with Crippen molar-refractivity contribution in [3.05, 3.63) is 35.4 Å². The summed E-state index contributed by atoms with van der Waals surface area (Å²) in [6, 6.07) is 6.29. The van der Waals surface area contributed by atoms with Gasteiger partial charge in [-0.15, -0.1) is 0 Å². The van der Waals surface area contributed by atoms with Gasteiger partial charge in [-0.25, -0.2) is 8.78 Å². The van der Waals surface area contributed by atoms with Crippen LogP contribution >= 0.6 is 0 Å². The number of alkyl halides is 2. The van der Waals surface area contributed by atoms with Gasteiger partial charge in [0, 0.05) is 18.6 Å². The molecule has 1 aromatic carbocycles. The minimum Gasteiger partial charge on any atom is -0.396 e. The Hall–Kier alpha value is -0.960. The van der Waals surface area contributed by atoms with E-state index < -0.39 is 5.92 Å². The summed E-state index contributed by atoms with van der Waals surface area (Å²) in [7, 11) is 0. The Morgan fingerprint density at radius 2 is 2.07 bits per heavy atom. The quantitative estimate of drug-likeness (QED) is 0.798. The summed E-state index contributed by atoms with van der Waals surface area (Å²) in [5.74, 6) is -2.75. The molecule has 0 aliphatic heterocycles. The first-order chi connectivity index (χ1) is 7.10. The molecule has 0 unspecified atom stereocenters. The molecule has 1 nitrogen and oxygen atoms in total. The van der Waals surface area contributed by atoms with Crippen molar-refractivity contribution in [2.75, 3.05) is 6.61 Å². The summed E-state index contributed by atoms with van der Waals surface area (Å²) in [5.41, 5.74) is 0.807. The van der Waals surface area contributed by atoms with E-state index in [1.807, 2.05) is 0 Å². The van der Waals surface area contributed by atoms with Gasteiger partial charge in [0.2, 0.25) is 0 Å². The number of halogens is 2. The first kappa shape index (κ1) is 12.1. The van der Waals surface area contributed by atoms with E-state index in [0.717, 1.165) is 5.56 Å². The van der Waals surface area contributed by atoms with Crippen LogP contribution in [-0.4, -0.2) is 11.7 Å². The molecule has 1 N–H and O–H groups in total. The van der Waals surface area contributed by atoms with Gasteiger partial charge in [-0.1, -0.05) is 31.5 Å². The van der Waals surface area contributed by atoms with Gasteiger partial charge in [0.05, 0.1) is 0 Å². The SMILES string of the molecule is CCCC(F)(F)c1cccc(CCO)c1. The molecule has 0 radical (unpaired) electrons. The largest absolute Gasteiger partial charge is 0.396 e. The van der Waals surface area contributed by atoms with E-state index >= 15 is 0 Å². The second-order valence-corrected chi connectivity index (χ2v) is 3.63. The molecule has 0 aliphatic carbocycles. The van der Waals surface area contributed by atoms with E-state index in [1.54, 1.807) is 19.1 Å².